The first kappa shape index (κ1) is 20.9. The molecule has 0 aliphatic heterocycles. The van der Waals surface area contributed by atoms with Crippen molar-refractivity contribution in [3.8, 4) is 5.75 Å². The fourth-order valence-corrected chi connectivity index (χ4v) is 3.71. The second kappa shape index (κ2) is 9.48. The molecule has 8 heteroatoms. The average molecular weight is 406 g/mol. The number of benzene rings is 1. The third-order valence-corrected chi connectivity index (χ3v) is 5.28. The normalized spacial score (nSPS) is 10.3. The van der Waals surface area contributed by atoms with Gasteiger partial charge in [-0.2, -0.15) is 0 Å². The van der Waals surface area contributed by atoms with Crippen molar-refractivity contribution in [2.24, 2.45) is 5.73 Å². The fraction of sp³-hybridized carbons (Fsp3) is 0.316. The number of nitrogens with two attached hydrogens (primary N) is 1. The number of thiocarbonyl (C=S) groups is 1. The molecular weight excluding hydrogens is 382 g/mol. The molecule has 0 radical (unpaired) electrons. The lowest BCUT2D eigenvalue weighted by molar-refractivity contribution is 0.0975. The minimum Gasteiger partial charge on any atom is -0.494 e. The molecule has 2 aromatic rings. The first-order chi connectivity index (χ1) is 12.8. The number of carbonyl (C=O) groups excluding carboxylic acids is 2. The third-order valence-electron chi connectivity index (χ3n) is 3.95. The number of amides is 2. The van der Waals surface area contributed by atoms with Gasteiger partial charge in [0.15, 0.2) is 5.11 Å². The van der Waals surface area contributed by atoms with Crippen LogP contribution in [0.15, 0.2) is 24.3 Å². The van der Waals surface area contributed by atoms with Gasteiger partial charge in [0, 0.05) is 10.4 Å². The van der Waals surface area contributed by atoms with Crippen molar-refractivity contribution >= 4 is 45.5 Å². The van der Waals surface area contributed by atoms with Gasteiger partial charge in [0.2, 0.25) is 0 Å². The monoisotopic (exact) mass is 405 g/mol. The number of ether oxygens (including phenoxy) is 1. The molecule has 144 valence electrons. The summed E-state index contributed by atoms with van der Waals surface area (Å²) in [4.78, 5) is 25.1. The van der Waals surface area contributed by atoms with Crippen molar-refractivity contribution in [1.29, 1.82) is 0 Å². The van der Waals surface area contributed by atoms with Crippen molar-refractivity contribution < 1.29 is 14.3 Å². The fourth-order valence-electron chi connectivity index (χ4n) is 2.38. The number of aryl methyl sites for hydroxylation is 1. The predicted octanol–water partition coefficient (Wildman–Crippen LogP) is 3.77. The molecule has 0 fully saturated rings. The van der Waals surface area contributed by atoms with Gasteiger partial charge in [-0.05, 0) is 56.2 Å². The van der Waals surface area contributed by atoms with Crippen LogP contribution in [-0.4, -0.2) is 23.5 Å². The molecular formula is C19H23N3O3S2. The molecule has 0 atom stereocenters. The summed E-state index contributed by atoms with van der Waals surface area (Å²) in [5.41, 5.74) is 7.07. The first-order valence-electron chi connectivity index (χ1n) is 8.58. The van der Waals surface area contributed by atoms with Crippen LogP contribution >= 0.6 is 23.6 Å². The number of anilines is 1. The Bertz CT molecular complexity index is 862. The van der Waals surface area contributed by atoms with E-state index in [1.807, 2.05) is 13.8 Å². The third kappa shape index (κ3) is 5.51. The van der Waals surface area contributed by atoms with Gasteiger partial charge in [0.05, 0.1) is 12.2 Å². The number of thiophene rings is 1. The Morgan fingerprint density at radius 1 is 1.30 bits per heavy atom. The van der Waals surface area contributed by atoms with E-state index in [9.17, 15) is 9.59 Å². The van der Waals surface area contributed by atoms with E-state index in [0.29, 0.717) is 28.5 Å². The van der Waals surface area contributed by atoms with Gasteiger partial charge in [-0.15, -0.1) is 11.3 Å². The molecule has 1 aromatic carbocycles. The van der Waals surface area contributed by atoms with Gasteiger partial charge in [0.25, 0.3) is 11.8 Å². The highest BCUT2D eigenvalue weighted by atomic mass is 32.1. The molecule has 1 aromatic heterocycles. The molecule has 0 spiro atoms. The lowest BCUT2D eigenvalue weighted by atomic mass is 10.1. The molecule has 0 saturated heterocycles. The highest BCUT2D eigenvalue weighted by molar-refractivity contribution is 7.80. The summed E-state index contributed by atoms with van der Waals surface area (Å²) in [5.74, 6) is -0.264. The van der Waals surface area contributed by atoms with Crippen LogP contribution in [-0.2, 0) is 0 Å². The van der Waals surface area contributed by atoms with E-state index in [1.54, 1.807) is 24.3 Å². The zero-order valence-electron chi connectivity index (χ0n) is 15.5. The molecule has 0 saturated carbocycles. The van der Waals surface area contributed by atoms with Crippen molar-refractivity contribution in [2.45, 2.75) is 33.6 Å². The number of nitrogens with one attached hydrogen (secondary N) is 2. The van der Waals surface area contributed by atoms with Gasteiger partial charge in [0.1, 0.15) is 10.8 Å². The van der Waals surface area contributed by atoms with Gasteiger partial charge in [-0.1, -0.05) is 19.4 Å². The molecule has 2 rings (SSSR count). The number of hydrogen-bond acceptors (Lipinski definition) is 5. The number of hydrogen-bond donors (Lipinski definition) is 3. The second-order valence-corrected chi connectivity index (χ2v) is 7.62. The molecule has 0 aliphatic rings. The zero-order valence-corrected chi connectivity index (χ0v) is 17.2. The summed E-state index contributed by atoms with van der Waals surface area (Å²) in [7, 11) is 0. The number of carbonyl (C=O) groups is 2. The average Bonchev–Trinajstić information content (AvgIpc) is 2.89. The van der Waals surface area contributed by atoms with E-state index >= 15 is 0 Å². The van der Waals surface area contributed by atoms with Crippen LogP contribution in [0.25, 0.3) is 0 Å². The summed E-state index contributed by atoms with van der Waals surface area (Å²) >= 11 is 6.57. The topological polar surface area (TPSA) is 93.4 Å². The standard InChI is InChI=1S/C19H23N3O3S2/c1-4-5-9-25-14-8-6-7-13(10-14)17(24)21-19(26)22-18-15(16(20)23)11(2)12(3)27-18/h6-8,10H,4-5,9H2,1-3H3,(H2,20,23)(H2,21,22,24,26). The van der Waals surface area contributed by atoms with Crippen LogP contribution in [0.4, 0.5) is 5.00 Å². The van der Waals surface area contributed by atoms with Crippen LogP contribution < -0.4 is 21.1 Å². The summed E-state index contributed by atoms with van der Waals surface area (Å²) < 4.78 is 5.62. The smallest absolute Gasteiger partial charge is 0.257 e. The minimum atomic E-state index is -0.537. The lowest BCUT2D eigenvalue weighted by Crippen LogP contribution is -2.34. The molecule has 27 heavy (non-hydrogen) atoms. The maximum absolute atomic E-state index is 12.4. The van der Waals surface area contributed by atoms with Gasteiger partial charge in [-0.25, -0.2) is 0 Å². The summed E-state index contributed by atoms with van der Waals surface area (Å²) in [6.45, 7) is 6.40. The lowest BCUT2D eigenvalue weighted by Gasteiger charge is -2.10. The Labute approximate surface area is 168 Å². The van der Waals surface area contributed by atoms with Crippen LogP contribution in [0.3, 0.4) is 0 Å². The van der Waals surface area contributed by atoms with E-state index in [1.165, 1.54) is 11.3 Å². The first-order valence-corrected chi connectivity index (χ1v) is 9.81. The molecule has 4 N–H and O–H groups in total. The highest BCUT2D eigenvalue weighted by Crippen LogP contribution is 2.31. The van der Waals surface area contributed by atoms with E-state index in [2.05, 4.69) is 17.6 Å². The summed E-state index contributed by atoms with van der Waals surface area (Å²) in [5, 5.41) is 6.14. The van der Waals surface area contributed by atoms with Crippen LogP contribution in [0.5, 0.6) is 5.75 Å². The molecule has 6 nitrogen and oxygen atoms in total. The molecule has 0 unspecified atom stereocenters. The molecule has 0 aliphatic carbocycles. The Balaban J connectivity index is 2.04. The number of rotatable bonds is 7. The minimum absolute atomic E-state index is 0.0982. The number of unbranched alkanes of at least 4 members (excludes halogenated alkanes) is 1. The van der Waals surface area contributed by atoms with E-state index in [4.69, 9.17) is 22.7 Å². The van der Waals surface area contributed by atoms with Gasteiger partial charge in [-0.3, -0.25) is 14.9 Å². The van der Waals surface area contributed by atoms with Crippen molar-refractivity contribution in [2.75, 3.05) is 11.9 Å². The quantitative estimate of drug-likeness (QED) is 0.482. The molecule has 1 heterocycles. The highest BCUT2D eigenvalue weighted by Gasteiger charge is 2.18. The zero-order chi connectivity index (χ0) is 20.0. The van der Waals surface area contributed by atoms with Gasteiger partial charge >= 0.3 is 0 Å². The van der Waals surface area contributed by atoms with Crippen LogP contribution in [0.1, 0.15) is 50.9 Å². The van der Waals surface area contributed by atoms with E-state index in [-0.39, 0.29) is 11.0 Å². The maximum Gasteiger partial charge on any atom is 0.257 e. The molecule has 0 bridgehead atoms. The van der Waals surface area contributed by atoms with E-state index < -0.39 is 5.91 Å². The van der Waals surface area contributed by atoms with Gasteiger partial charge < -0.3 is 15.8 Å². The van der Waals surface area contributed by atoms with Crippen molar-refractivity contribution in [3.05, 3.63) is 45.8 Å². The van der Waals surface area contributed by atoms with Crippen LogP contribution in [0.2, 0.25) is 0 Å². The summed E-state index contributed by atoms with van der Waals surface area (Å²) in [6, 6.07) is 6.91. The molecule has 2 amide bonds. The SMILES string of the molecule is CCCCOc1cccc(C(=O)NC(=S)Nc2sc(C)c(C)c2C(N)=O)c1. The van der Waals surface area contributed by atoms with Crippen molar-refractivity contribution in [1.82, 2.24) is 5.32 Å². The summed E-state index contributed by atoms with van der Waals surface area (Å²) in [6.07, 6.45) is 1.99. The Morgan fingerprint density at radius 3 is 2.70 bits per heavy atom. The number of primary amides is 1. The Hall–Kier alpha value is -2.45. The van der Waals surface area contributed by atoms with Crippen LogP contribution in [0, 0.1) is 13.8 Å². The van der Waals surface area contributed by atoms with E-state index in [0.717, 1.165) is 23.3 Å². The largest absolute Gasteiger partial charge is 0.494 e. The van der Waals surface area contributed by atoms with Crippen molar-refractivity contribution in [3.63, 3.8) is 0 Å². The Kier molecular flexibility index (Phi) is 7.32. The second-order valence-electron chi connectivity index (χ2n) is 5.99. The Morgan fingerprint density at radius 2 is 2.04 bits per heavy atom. The predicted molar refractivity (Wildman–Crippen MR) is 113 cm³/mol. The maximum atomic E-state index is 12.4.